The first-order valence-electron chi connectivity index (χ1n) is 7.92. The van der Waals surface area contributed by atoms with Gasteiger partial charge in [0.25, 0.3) is 0 Å². The van der Waals surface area contributed by atoms with Crippen LogP contribution in [0.15, 0.2) is 0 Å². The van der Waals surface area contributed by atoms with Crippen LogP contribution in [0.1, 0.15) is 51.9 Å². The molecule has 2 unspecified atom stereocenters. The van der Waals surface area contributed by atoms with Crippen molar-refractivity contribution in [3.8, 4) is 0 Å². The van der Waals surface area contributed by atoms with Gasteiger partial charge in [0.15, 0.2) is 0 Å². The van der Waals surface area contributed by atoms with Gasteiger partial charge in [0.05, 0.1) is 6.04 Å². The van der Waals surface area contributed by atoms with Gasteiger partial charge in [-0.1, -0.05) is 19.3 Å². The van der Waals surface area contributed by atoms with Crippen LogP contribution in [0, 0.1) is 0 Å². The van der Waals surface area contributed by atoms with E-state index in [1.54, 1.807) is 6.92 Å². The number of hydrogen-bond donors (Lipinski definition) is 3. The van der Waals surface area contributed by atoms with Crippen molar-refractivity contribution in [3.05, 3.63) is 0 Å². The molecule has 0 aromatic carbocycles. The van der Waals surface area contributed by atoms with Gasteiger partial charge in [-0.05, 0) is 32.6 Å². The van der Waals surface area contributed by atoms with Crippen LogP contribution in [0.5, 0.6) is 0 Å². The van der Waals surface area contributed by atoms with Crippen molar-refractivity contribution >= 4 is 17.8 Å². The van der Waals surface area contributed by atoms with E-state index in [4.69, 9.17) is 5.11 Å². The largest absolute Gasteiger partial charge is 0.480 e. The lowest BCUT2D eigenvalue weighted by Crippen LogP contribution is -2.60. The van der Waals surface area contributed by atoms with E-state index in [-0.39, 0.29) is 5.91 Å². The van der Waals surface area contributed by atoms with Crippen LogP contribution in [0.25, 0.3) is 0 Å². The maximum absolute atomic E-state index is 12.5. The van der Waals surface area contributed by atoms with E-state index in [2.05, 4.69) is 5.32 Å². The molecule has 1 saturated heterocycles. The summed E-state index contributed by atoms with van der Waals surface area (Å²) in [5.41, 5.74) is -1.06. The Balaban J connectivity index is 2.06. The molecular formula is C15H24N2O5. The summed E-state index contributed by atoms with van der Waals surface area (Å²) in [5.74, 6) is -2.25. The molecule has 0 spiro atoms. The van der Waals surface area contributed by atoms with Crippen LogP contribution >= 0.6 is 0 Å². The van der Waals surface area contributed by atoms with Crippen LogP contribution in [-0.4, -0.2) is 57.1 Å². The van der Waals surface area contributed by atoms with Gasteiger partial charge in [0.2, 0.25) is 5.91 Å². The van der Waals surface area contributed by atoms with Crippen LogP contribution in [0.4, 0.5) is 0 Å². The summed E-state index contributed by atoms with van der Waals surface area (Å²) < 4.78 is 0. The molecule has 1 heterocycles. The van der Waals surface area contributed by atoms with Crippen LogP contribution in [0.3, 0.4) is 0 Å². The molecule has 7 nitrogen and oxygen atoms in total. The summed E-state index contributed by atoms with van der Waals surface area (Å²) >= 11 is 0. The molecule has 7 heteroatoms. The van der Waals surface area contributed by atoms with Gasteiger partial charge in [-0.15, -0.1) is 0 Å². The summed E-state index contributed by atoms with van der Waals surface area (Å²) in [6, 6.07) is -1.49. The van der Waals surface area contributed by atoms with Gasteiger partial charge in [-0.2, -0.15) is 0 Å². The zero-order chi connectivity index (χ0) is 16.3. The zero-order valence-corrected chi connectivity index (χ0v) is 12.9. The molecule has 2 rings (SSSR count). The average molecular weight is 312 g/mol. The molecule has 2 fully saturated rings. The Morgan fingerprint density at radius 1 is 1.14 bits per heavy atom. The first-order chi connectivity index (χ1) is 10.4. The number of nitrogens with zero attached hydrogens (tertiary/aromatic N) is 1. The number of carbonyl (C=O) groups excluding carboxylic acids is 1. The average Bonchev–Trinajstić information content (AvgIpc) is 2.96. The van der Waals surface area contributed by atoms with Gasteiger partial charge in [-0.25, -0.2) is 4.79 Å². The Morgan fingerprint density at radius 3 is 2.32 bits per heavy atom. The van der Waals surface area contributed by atoms with Crippen molar-refractivity contribution in [1.82, 2.24) is 10.2 Å². The monoisotopic (exact) mass is 312 g/mol. The van der Waals surface area contributed by atoms with E-state index >= 15 is 0 Å². The number of hydrogen-bond acceptors (Lipinski definition) is 4. The Morgan fingerprint density at radius 2 is 1.77 bits per heavy atom. The molecule has 2 atom stereocenters. The number of likely N-dealkylation sites (tertiary alicyclic amines) is 1. The minimum absolute atomic E-state index is 0.323. The summed E-state index contributed by atoms with van der Waals surface area (Å²) in [4.78, 5) is 36.7. The number of carbonyl (C=O) groups is 3. The van der Waals surface area contributed by atoms with Crippen LogP contribution in [0.2, 0.25) is 0 Å². The maximum atomic E-state index is 12.5. The third-order valence-electron chi connectivity index (χ3n) is 4.80. The van der Waals surface area contributed by atoms with Gasteiger partial charge in [0, 0.05) is 6.54 Å². The summed E-state index contributed by atoms with van der Waals surface area (Å²) in [5, 5.41) is 21.7. The number of rotatable bonds is 5. The number of amides is 1. The number of nitrogens with one attached hydrogen (secondary N) is 1. The Labute approximate surface area is 129 Å². The SMILES string of the molecule is CC(NC1(C(=O)O)CCCCC1)C(=O)N1CCCC1C(=O)O. The van der Waals surface area contributed by atoms with Crippen molar-refractivity contribution in [2.75, 3.05) is 6.54 Å². The minimum Gasteiger partial charge on any atom is -0.480 e. The zero-order valence-electron chi connectivity index (χ0n) is 12.9. The molecule has 1 amide bonds. The lowest BCUT2D eigenvalue weighted by atomic mass is 9.81. The quantitative estimate of drug-likeness (QED) is 0.694. The molecule has 1 aliphatic heterocycles. The predicted molar refractivity (Wildman–Crippen MR) is 78.4 cm³/mol. The fourth-order valence-corrected chi connectivity index (χ4v) is 3.59. The van der Waals surface area contributed by atoms with Crippen molar-refractivity contribution in [3.63, 3.8) is 0 Å². The molecule has 0 radical (unpaired) electrons. The summed E-state index contributed by atoms with van der Waals surface area (Å²) in [6.45, 7) is 2.04. The van der Waals surface area contributed by atoms with Crippen LogP contribution in [-0.2, 0) is 14.4 Å². The standard InChI is InChI=1S/C15H24N2O5/c1-10(12(18)17-9-5-6-11(17)13(19)20)16-15(14(21)22)7-3-2-4-8-15/h10-11,16H,2-9H2,1H3,(H,19,20)(H,21,22). The van der Waals surface area contributed by atoms with Gasteiger partial charge in [-0.3, -0.25) is 14.9 Å². The Bertz CT molecular complexity index is 459. The van der Waals surface area contributed by atoms with E-state index in [1.807, 2.05) is 0 Å². The second-order valence-corrected chi connectivity index (χ2v) is 6.34. The lowest BCUT2D eigenvalue weighted by molar-refractivity contribution is -0.151. The lowest BCUT2D eigenvalue weighted by Gasteiger charge is -2.37. The van der Waals surface area contributed by atoms with Gasteiger partial charge >= 0.3 is 11.9 Å². The molecule has 0 aromatic heterocycles. The van der Waals surface area contributed by atoms with Gasteiger partial charge < -0.3 is 15.1 Å². The molecule has 0 bridgehead atoms. The second kappa shape index (κ2) is 6.64. The second-order valence-electron chi connectivity index (χ2n) is 6.34. The Hall–Kier alpha value is -1.63. The molecule has 3 N–H and O–H groups in total. The minimum atomic E-state index is -1.06. The molecule has 0 aromatic rings. The molecule has 1 saturated carbocycles. The molecule has 124 valence electrons. The van der Waals surface area contributed by atoms with Crippen molar-refractivity contribution in [1.29, 1.82) is 0 Å². The van der Waals surface area contributed by atoms with E-state index in [0.29, 0.717) is 32.2 Å². The first-order valence-corrected chi connectivity index (χ1v) is 7.92. The van der Waals surface area contributed by atoms with Crippen LogP contribution < -0.4 is 5.32 Å². The van der Waals surface area contributed by atoms with Gasteiger partial charge in [0.1, 0.15) is 11.6 Å². The first kappa shape index (κ1) is 16.7. The molecular weight excluding hydrogens is 288 g/mol. The molecule has 22 heavy (non-hydrogen) atoms. The number of aliphatic carboxylic acids is 2. The molecule has 1 aliphatic carbocycles. The van der Waals surface area contributed by atoms with Crippen molar-refractivity contribution in [2.24, 2.45) is 0 Å². The van der Waals surface area contributed by atoms with E-state index < -0.39 is 29.6 Å². The summed E-state index contributed by atoms with van der Waals surface area (Å²) in [6.07, 6.45) is 4.78. The summed E-state index contributed by atoms with van der Waals surface area (Å²) in [7, 11) is 0. The third kappa shape index (κ3) is 3.24. The van der Waals surface area contributed by atoms with E-state index in [1.165, 1.54) is 4.90 Å². The molecule has 2 aliphatic rings. The van der Waals surface area contributed by atoms with Crippen molar-refractivity contribution < 1.29 is 24.6 Å². The fraction of sp³-hybridized carbons (Fsp3) is 0.800. The third-order valence-corrected chi connectivity index (χ3v) is 4.80. The van der Waals surface area contributed by atoms with E-state index in [0.717, 1.165) is 19.3 Å². The maximum Gasteiger partial charge on any atom is 0.326 e. The predicted octanol–water partition coefficient (Wildman–Crippen LogP) is 0.828. The normalized spacial score (nSPS) is 25.7. The smallest absolute Gasteiger partial charge is 0.326 e. The number of carboxylic acids is 2. The van der Waals surface area contributed by atoms with Crippen molar-refractivity contribution in [2.45, 2.75) is 69.5 Å². The fourth-order valence-electron chi connectivity index (χ4n) is 3.59. The Kier molecular flexibility index (Phi) is 5.05. The van der Waals surface area contributed by atoms with E-state index in [9.17, 15) is 19.5 Å². The highest BCUT2D eigenvalue weighted by Crippen LogP contribution is 2.29. The number of carboxylic acid groups (broad SMARTS) is 2. The highest BCUT2D eigenvalue weighted by atomic mass is 16.4. The highest BCUT2D eigenvalue weighted by molar-refractivity contribution is 5.88. The highest BCUT2D eigenvalue weighted by Gasteiger charge is 2.43. The topological polar surface area (TPSA) is 107 Å².